The number of allylic oxidation sites excluding steroid dienone is 4. The van der Waals surface area contributed by atoms with Gasteiger partial charge in [0.2, 0.25) is 0 Å². The highest BCUT2D eigenvalue weighted by molar-refractivity contribution is 9.10. The second kappa shape index (κ2) is 5.57. The predicted octanol–water partition coefficient (Wildman–Crippen LogP) is 4.80. The van der Waals surface area contributed by atoms with Crippen molar-refractivity contribution in [2.24, 2.45) is 0 Å². The van der Waals surface area contributed by atoms with Crippen LogP contribution in [-0.2, 0) is 4.79 Å². The zero-order chi connectivity index (χ0) is 15.3. The molecule has 0 radical (unpaired) electrons. The Balaban J connectivity index is 1.87. The summed E-state index contributed by atoms with van der Waals surface area (Å²) in [4.78, 5) is 14.0. The second-order valence-corrected chi connectivity index (χ2v) is 8.17. The van der Waals surface area contributed by atoms with Crippen LogP contribution in [0.25, 0.3) is 0 Å². The summed E-state index contributed by atoms with van der Waals surface area (Å²) in [5.74, 6) is 1.61. The number of carbonyl (C=O) groups excluding carboxylic acids is 1. The van der Waals surface area contributed by atoms with Crippen molar-refractivity contribution in [1.82, 2.24) is 5.32 Å². The average molecular weight is 376 g/mol. The van der Waals surface area contributed by atoms with Crippen molar-refractivity contribution in [2.75, 3.05) is 5.75 Å². The molecule has 1 N–H and O–H groups in total. The van der Waals surface area contributed by atoms with E-state index >= 15 is 0 Å². The first-order chi connectivity index (χ1) is 10.6. The fourth-order valence-corrected chi connectivity index (χ4v) is 5.18. The van der Waals surface area contributed by atoms with Crippen molar-refractivity contribution >= 4 is 33.5 Å². The van der Waals surface area contributed by atoms with Crippen molar-refractivity contribution in [3.05, 3.63) is 55.7 Å². The van der Waals surface area contributed by atoms with E-state index in [0.717, 1.165) is 35.1 Å². The molecule has 0 saturated carbocycles. The number of thioether (sulfide) groups is 1. The van der Waals surface area contributed by atoms with Crippen LogP contribution in [0, 0.1) is 6.92 Å². The Morgan fingerprint density at radius 1 is 1.23 bits per heavy atom. The Kier molecular flexibility index (Phi) is 3.69. The van der Waals surface area contributed by atoms with E-state index < -0.39 is 0 Å². The van der Waals surface area contributed by atoms with Crippen molar-refractivity contribution in [1.29, 1.82) is 0 Å². The molecular formula is C18H18BrNOS. The largest absolute Gasteiger partial charge is 0.361 e. The molecule has 4 rings (SSSR count). The molecule has 1 aromatic carbocycles. The van der Waals surface area contributed by atoms with E-state index in [1.165, 1.54) is 27.4 Å². The van der Waals surface area contributed by atoms with E-state index in [-0.39, 0.29) is 5.92 Å². The van der Waals surface area contributed by atoms with Gasteiger partial charge in [-0.1, -0.05) is 28.1 Å². The fraction of sp³-hybridized carbons (Fsp3) is 0.389. The quantitative estimate of drug-likeness (QED) is 0.764. The van der Waals surface area contributed by atoms with Gasteiger partial charge in [-0.3, -0.25) is 4.79 Å². The molecule has 0 bridgehead atoms. The number of hydrogen-bond acceptors (Lipinski definition) is 3. The number of aryl methyl sites for hydroxylation is 1. The molecule has 0 fully saturated rings. The van der Waals surface area contributed by atoms with E-state index in [1.54, 1.807) is 0 Å². The maximum atomic E-state index is 12.6. The lowest BCUT2D eigenvalue weighted by atomic mass is 9.79. The van der Waals surface area contributed by atoms with Gasteiger partial charge in [-0.25, -0.2) is 0 Å². The lowest BCUT2D eigenvalue weighted by molar-refractivity contribution is -0.116. The summed E-state index contributed by atoms with van der Waals surface area (Å²) in [5.41, 5.74) is 6.05. The minimum absolute atomic E-state index is 0.151. The molecule has 1 aliphatic carbocycles. The van der Waals surface area contributed by atoms with Crippen molar-refractivity contribution in [3.8, 4) is 0 Å². The van der Waals surface area contributed by atoms with Crippen LogP contribution in [0.3, 0.4) is 0 Å². The number of dihydropyridines is 1. The van der Waals surface area contributed by atoms with Crippen LogP contribution >= 0.6 is 27.7 Å². The van der Waals surface area contributed by atoms with Gasteiger partial charge in [-0.15, -0.1) is 11.8 Å². The van der Waals surface area contributed by atoms with Crippen molar-refractivity contribution in [3.63, 3.8) is 0 Å². The van der Waals surface area contributed by atoms with Crippen LogP contribution < -0.4 is 5.32 Å². The van der Waals surface area contributed by atoms with Crippen LogP contribution in [0.4, 0.5) is 0 Å². The Morgan fingerprint density at radius 3 is 2.91 bits per heavy atom. The number of rotatable bonds is 1. The molecule has 1 atom stereocenters. The van der Waals surface area contributed by atoms with Gasteiger partial charge in [-0.05, 0) is 43.4 Å². The van der Waals surface area contributed by atoms with Crippen molar-refractivity contribution in [2.45, 2.75) is 38.5 Å². The number of ketones is 1. The van der Waals surface area contributed by atoms with Gasteiger partial charge >= 0.3 is 0 Å². The summed E-state index contributed by atoms with van der Waals surface area (Å²) in [5, 5.41) is 3.58. The summed E-state index contributed by atoms with van der Waals surface area (Å²) in [7, 11) is 0. The van der Waals surface area contributed by atoms with Gasteiger partial charge in [0.05, 0.1) is 0 Å². The molecule has 0 saturated heterocycles. The van der Waals surface area contributed by atoms with Crippen LogP contribution in [0.15, 0.2) is 44.5 Å². The van der Waals surface area contributed by atoms with Gasteiger partial charge in [0.15, 0.2) is 5.78 Å². The molecule has 114 valence electrons. The monoisotopic (exact) mass is 375 g/mol. The average Bonchev–Trinajstić information content (AvgIpc) is 2.96. The van der Waals surface area contributed by atoms with Crippen molar-refractivity contribution < 1.29 is 4.79 Å². The fourth-order valence-electron chi connectivity index (χ4n) is 3.66. The summed E-state index contributed by atoms with van der Waals surface area (Å²) in [6.07, 6.45) is 3.78. The van der Waals surface area contributed by atoms with E-state index in [0.29, 0.717) is 12.2 Å². The van der Waals surface area contributed by atoms with Crippen LogP contribution in [0.5, 0.6) is 0 Å². The van der Waals surface area contributed by atoms with Crippen LogP contribution in [0.2, 0.25) is 0 Å². The third-order valence-electron chi connectivity index (χ3n) is 4.73. The molecular weight excluding hydrogens is 358 g/mol. The van der Waals surface area contributed by atoms with Crippen LogP contribution in [0.1, 0.15) is 42.7 Å². The third kappa shape index (κ3) is 2.28. The molecule has 2 heterocycles. The van der Waals surface area contributed by atoms with Gasteiger partial charge in [0, 0.05) is 44.4 Å². The summed E-state index contributed by atoms with van der Waals surface area (Å²) in [6, 6.07) is 6.51. The molecule has 0 aromatic heterocycles. The first kappa shape index (κ1) is 14.6. The zero-order valence-corrected chi connectivity index (χ0v) is 14.9. The highest BCUT2D eigenvalue weighted by atomic mass is 79.9. The smallest absolute Gasteiger partial charge is 0.161 e. The van der Waals surface area contributed by atoms with E-state index in [4.69, 9.17) is 0 Å². The Hall–Kier alpha value is -1.00. The number of carbonyl (C=O) groups is 1. The minimum Gasteiger partial charge on any atom is -0.361 e. The molecule has 1 aromatic rings. The maximum absolute atomic E-state index is 12.6. The number of Topliss-reactive ketones (excluding diaryl/α,β-unsaturated/α-hetero) is 1. The van der Waals surface area contributed by atoms with Gasteiger partial charge < -0.3 is 5.32 Å². The second-order valence-electron chi connectivity index (χ2n) is 6.18. The third-order valence-corrected chi connectivity index (χ3v) is 6.82. The first-order valence-electron chi connectivity index (χ1n) is 7.80. The van der Waals surface area contributed by atoms with E-state index in [9.17, 15) is 4.79 Å². The minimum atomic E-state index is 0.151. The number of hydrogen-bond donors (Lipinski definition) is 1. The Labute approximate surface area is 143 Å². The SMILES string of the molecule is Cc1cc(C2C3=C(CCS3)NC3=C2C(=O)CCC3)ccc1Br. The zero-order valence-electron chi connectivity index (χ0n) is 12.5. The highest BCUT2D eigenvalue weighted by Crippen LogP contribution is 2.50. The maximum Gasteiger partial charge on any atom is 0.161 e. The van der Waals surface area contributed by atoms with Gasteiger partial charge in [0.1, 0.15) is 0 Å². The molecule has 3 aliphatic rings. The summed E-state index contributed by atoms with van der Waals surface area (Å²) >= 11 is 5.50. The summed E-state index contributed by atoms with van der Waals surface area (Å²) < 4.78 is 1.13. The summed E-state index contributed by atoms with van der Waals surface area (Å²) in [6.45, 7) is 2.11. The highest BCUT2D eigenvalue weighted by Gasteiger charge is 2.38. The lowest BCUT2D eigenvalue weighted by Gasteiger charge is -2.33. The predicted molar refractivity (Wildman–Crippen MR) is 94.7 cm³/mol. The number of benzene rings is 1. The Morgan fingerprint density at radius 2 is 2.09 bits per heavy atom. The molecule has 1 unspecified atom stereocenters. The normalized spacial score (nSPS) is 24.3. The molecule has 22 heavy (non-hydrogen) atoms. The molecule has 2 aliphatic heterocycles. The molecule has 4 heteroatoms. The molecule has 0 spiro atoms. The standard InChI is InChI=1S/C18H18BrNOS/c1-10-9-11(5-6-12(10)19)16-17-13(3-2-4-15(17)21)20-14-7-8-22-18(14)16/h5-6,9,16,20H,2-4,7-8H2,1H3. The van der Waals surface area contributed by atoms with Crippen LogP contribution in [-0.4, -0.2) is 11.5 Å². The first-order valence-corrected chi connectivity index (χ1v) is 9.58. The van der Waals surface area contributed by atoms with E-state index in [2.05, 4.69) is 46.4 Å². The Bertz CT molecular complexity index is 735. The number of halogens is 1. The topological polar surface area (TPSA) is 29.1 Å². The van der Waals surface area contributed by atoms with Gasteiger partial charge in [0.25, 0.3) is 0 Å². The molecule has 0 amide bonds. The van der Waals surface area contributed by atoms with Gasteiger partial charge in [-0.2, -0.15) is 0 Å². The lowest BCUT2D eigenvalue weighted by Crippen LogP contribution is -2.30. The number of nitrogens with one attached hydrogen (secondary N) is 1. The molecule has 2 nitrogen and oxygen atoms in total. The van der Waals surface area contributed by atoms with E-state index in [1.807, 2.05) is 11.8 Å².